The van der Waals surface area contributed by atoms with E-state index in [9.17, 15) is 0 Å². The quantitative estimate of drug-likeness (QED) is 0.518. The fraction of sp³-hybridized carbons (Fsp3) is 0.600. The first-order chi connectivity index (χ1) is 5.47. The lowest BCUT2D eigenvalue weighted by atomic mass is 10.1. The number of hydrogen-bond donors (Lipinski definition) is 0. The van der Waals surface area contributed by atoms with E-state index in [1.165, 1.54) is 17.8 Å². The van der Waals surface area contributed by atoms with Gasteiger partial charge in [-0.05, 0) is 12.0 Å². The van der Waals surface area contributed by atoms with Crippen LogP contribution in [0.25, 0.3) is 0 Å². The van der Waals surface area contributed by atoms with Crippen LogP contribution in [0.3, 0.4) is 0 Å². The lowest BCUT2D eigenvalue weighted by molar-refractivity contribution is 0.234. The molecule has 1 heterocycles. The zero-order valence-electron chi connectivity index (χ0n) is 7.39. The fourth-order valence-electron chi connectivity index (χ4n) is 1.37. The summed E-state index contributed by atoms with van der Waals surface area (Å²) in [6.45, 7) is 4.91. The van der Waals surface area contributed by atoms with Gasteiger partial charge in [-0.15, -0.1) is 0 Å². The highest BCUT2D eigenvalue weighted by molar-refractivity contribution is 5.28. The van der Waals surface area contributed by atoms with Gasteiger partial charge in [0.1, 0.15) is 0 Å². The van der Waals surface area contributed by atoms with E-state index in [0.29, 0.717) is 0 Å². The highest BCUT2D eigenvalue weighted by Gasteiger charge is 2.14. The Balaban J connectivity index is 0.000000281. The molecule has 1 nitrogen and oxygen atoms in total. The Bertz CT molecular complexity index is 177. The minimum absolute atomic E-state index is 0.912. The van der Waals surface area contributed by atoms with Crippen molar-refractivity contribution in [3.05, 3.63) is 23.5 Å². The van der Waals surface area contributed by atoms with Crippen molar-refractivity contribution in [2.75, 3.05) is 6.61 Å². The van der Waals surface area contributed by atoms with Crippen LogP contribution in [-0.2, 0) is 4.74 Å². The van der Waals surface area contributed by atoms with Crippen molar-refractivity contribution in [2.45, 2.75) is 33.1 Å². The second kappa shape index (κ2) is 4.22. The Morgan fingerprint density at radius 3 is 2.82 bits per heavy atom. The number of hydrogen-bond acceptors (Lipinski definition) is 1. The summed E-state index contributed by atoms with van der Waals surface area (Å²) in [6, 6.07) is 0. The number of rotatable bonds is 0. The highest BCUT2D eigenvalue weighted by atomic mass is 16.5. The number of ether oxygens (including phenoxy) is 1. The van der Waals surface area contributed by atoms with E-state index in [-0.39, 0.29) is 0 Å². The molecule has 0 aromatic rings. The molecule has 11 heavy (non-hydrogen) atoms. The van der Waals surface area contributed by atoms with Gasteiger partial charge in [-0.3, -0.25) is 0 Å². The van der Waals surface area contributed by atoms with Crippen LogP contribution < -0.4 is 0 Å². The molecule has 0 bridgehead atoms. The Labute approximate surface area is 68.8 Å². The molecule has 0 amide bonds. The minimum Gasteiger partial charge on any atom is -0.497 e. The first-order valence-electron chi connectivity index (χ1n) is 4.48. The largest absolute Gasteiger partial charge is 0.497 e. The van der Waals surface area contributed by atoms with Crippen LogP contribution in [0, 0.1) is 0 Å². The molecule has 0 N–H and O–H groups in total. The second-order valence-electron chi connectivity index (χ2n) is 2.49. The van der Waals surface area contributed by atoms with Crippen molar-refractivity contribution in [3.8, 4) is 0 Å². The van der Waals surface area contributed by atoms with Crippen molar-refractivity contribution in [1.29, 1.82) is 0 Å². The topological polar surface area (TPSA) is 9.23 Å². The smallest absolute Gasteiger partial charge is 0.0995 e. The molecule has 0 aromatic heterocycles. The van der Waals surface area contributed by atoms with Crippen LogP contribution in [0.1, 0.15) is 33.1 Å². The van der Waals surface area contributed by atoms with Gasteiger partial charge in [-0.25, -0.2) is 0 Å². The van der Waals surface area contributed by atoms with Gasteiger partial charge in [0.05, 0.1) is 12.4 Å². The van der Waals surface area contributed by atoms with E-state index >= 15 is 0 Å². The first kappa shape index (κ1) is 8.38. The van der Waals surface area contributed by atoms with Crippen molar-refractivity contribution >= 4 is 0 Å². The summed E-state index contributed by atoms with van der Waals surface area (Å²) in [5.74, 6) is 1.25. The van der Waals surface area contributed by atoms with Gasteiger partial charge in [0, 0.05) is 12.8 Å². The molecule has 62 valence electrons. The summed E-state index contributed by atoms with van der Waals surface area (Å²) < 4.78 is 5.39. The summed E-state index contributed by atoms with van der Waals surface area (Å²) >= 11 is 0. The third-order valence-electron chi connectivity index (χ3n) is 1.86. The summed E-state index contributed by atoms with van der Waals surface area (Å²) in [5.41, 5.74) is 1.43. The van der Waals surface area contributed by atoms with Crippen LogP contribution in [0.15, 0.2) is 23.5 Å². The molecule has 1 aliphatic carbocycles. The molecule has 0 saturated heterocycles. The Morgan fingerprint density at radius 1 is 1.27 bits per heavy atom. The zero-order valence-corrected chi connectivity index (χ0v) is 7.39. The van der Waals surface area contributed by atoms with Crippen LogP contribution in [-0.4, -0.2) is 6.61 Å². The molecule has 2 aliphatic rings. The van der Waals surface area contributed by atoms with Crippen LogP contribution >= 0.6 is 0 Å². The van der Waals surface area contributed by atoms with Gasteiger partial charge < -0.3 is 4.74 Å². The lowest BCUT2D eigenvalue weighted by Gasteiger charge is -2.05. The maximum atomic E-state index is 5.39. The molecular weight excluding hydrogens is 136 g/mol. The Morgan fingerprint density at radius 2 is 2.09 bits per heavy atom. The van der Waals surface area contributed by atoms with Crippen LogP contribution in [0.5, 0.6) is 0 Å². The van der Waals surface area contributed by atoms with E-state index in [2.05, 4.69) is 12.2 Å². The normalized spacial score (nSPS) is 20.2. The van der Waals surface area contributed by atoms with E-state index in [4.69, 9.17) is 4.74 Å². The molecule has 0 aromatic carbocycles. The number of allylic oxidation sites excluding steroid dienone is 3. The standard InChI is InChI=1S/C8H10O.C2H6/c1-2-4-8-7(3-1)5-6-9-8;1-2/h1,3H,2,4-6H2;1-2H3. The molecule has 1 heteroatoms. The van der Waals surface area contributed by atoms with Crippen molar-refractivity contribution in [1.82, 2.24) is 0 Å². The molecule has 0 spiro atoms. The van der Waals surface area contributed by atoms with Crippen molar-refractivity contribution in [2.24, 2.45) is 0 Å². The minimum atomic E-state index is 0.912. The summed E-state index contributed by atoms with van der Waals surface area (Å²) in [5, 5.41) is 0. The lowest BCUT2D eigenvalue weighted by Crippen LogP contribution is -1.88. The molecule has 1 aliphatic heterocycles. The monoisotopic (exact) mass is 152 g/mol. The van der Waals surface area contributed by atoms with E-state index in [1.54, 1.807) is 0 Å². The zero-order chi connectivity index (χ0) is 8.10. The molecule has 0 radical (unpaired) electrons. The van der Waals surface area contributed by atoms with Gasteiger partial charge in [-0.1, -0.05) is 26.0 Å². The second-order valence-corrected chi connectivity index (χ2v) is 2.49. The fourth-order valence-corrected chi connectivity index (χ4v) is 1.37. The van der Waals surface area contributed by atoms with E-state index in [1.807, 2.05) is 13.8 Å². The molecule has 0 saturated carbocycles. The molecule has 0 fully saturated rings. The molecular formula is C10H16O. The van der Waals surface area contributed by atoms with Crippen LogP contribution in [0.4, 0.5) is 0 Å². The molecule has 2 rings (SSSR count). The van der Waals surface area contributed by atoms with E-state index in [0.717, 1.165) is 19.4 Å². The average Bonchev–Trinajstić information content (AvgIpc) is 2.55. The highest BCUT2D eigenvalue weighted by Crippen LogP contribution is 2.27. The maximum Gasteiger partial charge on any atom is 0.0995 e. The Hall–Kier alpha value is -0.720. The third kappa shape index (κ3) is 1.86. The first-order valence-corrected chi connectivity index (χ1v) is 4.48. The Kier molecular flexibility index (Phi) is 3.21. The maximum absolute atomic E-state index is 5.39. The van der Waals surface area contributed by atoms with Gasteiger partial charge >= 0.3 is 0 Å². The summed E-state index contributed by atoms with van der Waals surface area (Å²) in [6.07, 6.45) is 7.86. The summed E-state index contributed by atoms with van der Waals surface area (Å²) in [7, 11) is 0. The van der Waals surface area contributed by atoms with Crippen molar-refractivity contribution < 1.29 is 4.74 Å². The van der Waals surface area contributed by atoms with Crippen LogP contribution in [0.2, 0.25) is 0 Å². The summed E-state index contributed by atoms with van der Waals surface area (Å²) in [4.78, 5) is 0. The molecule has 0 atom stereocenters. The predicted molar refractivity (Wildman–Crippen MR) is 47.3 cm³/mol. The van der Waals surface area contributed by atoms with E-state index < -0.39 is 0 Å². The van der Waals surface area contributed by atoms with Gasteiger partial charge in [0.15, 0.2) is 0 Å². The average molecular weight is 152 g/mol. The van der Waals surface area contributed by atoms with Gasteiger partial charge in [0.2, 0.25) is 0 Å². The SMILES string of the molecule is C1=CC2=C(CC1)OCC2.CC. The predicted octanol–water partition coefficient (Wildman–Crippen LogP) is 3.04. The third-order valence-corrected chi connectivity index (χ3v) is 1.86. The molecule has 0 unspecified atom stereocenters. The van der Waals surface area contributed by atoms with Gasteiger partial charge in [0.25, 0.3) is 0 Å². The van der Waals surface area contributed by atoms with Crippen molar-refractivity contribution in [3.63, 3.8) is 0 Å². The van der Waals surface area contributed by atoms with Gasteiger partial charge in [-0.2, -0.15) is 0 Å².